The number of rotatable bonds is 6. The molecule has 1 fully saturated rings. The van der Waals surface area contributed by atoms with Gasteiger partial charge in [-0.05, 0) is 45.3 Å². The number of carbonyl (C=O) groups is 3. The lowest BCUT2D eigenvalue weighted by molar-refractivity contribution is -0.148. The minimum absolute atomic E-state index is 0.0228. The third-order valence-electron chi connectivity index (χ3n) is 8.90. The Morgan fingerprint density at radius 2 is 1.98 bits per heavy atom. The largest absolute Gasteiger partial charge is 0.510 e. The molecule has 0 saturated carbocycles. The molecule has 1 amide bonds. The third-order valence-corrected chi connectivity index (χ3v) is 8.90. The number of primary amides is 1. The van der Waals surface area contributed by atoms with Crippen molar-refractivity contribution in [3.63, 3.8) is 0 Å². The summed E-state index contributed by atoms with van der Waals surface area (Å²) in [6.07, 6.45) is 0.655. The quantitative estimate of drug-likeness (QED) is 0.272. The number of hydrogen-bond acceptors (Lipinski definition) is 10. The molecule has 3 aliphatic carbocycles. The monoisotopic (exact) mass is 559 g/mol. The van der Waals surface area contributed by atoms with Crippen LogP contribution in [0.5, 0.6) is 5.75 Å². The summed E-state index contributed by atoms with van der Waals surface area (Å²) < 4.78 is 21.3. The van der Waals surface area contributed by atoms with E-state index in [2.05, 4.69) is 12.2 Å². The van der Waals surface area contributed by atoms with Crippen molar-refractivity contribution < 1.29 is 43.9 Å². The molecule has 1 heterocycles. The van der Waals surface area contributed by atoms with Crippen molar-refractivity contribution in [1.82, 2.24) is 10.2 Å². The summed E-state index contributed by atoms with van der Waals surface area (Å²) in [6, 6.07) is 0.0464. The number of aliphatic hydroxyl groups is 3. The zero-order valence-corrected chi connectivity index (χ0v) is 22.6. The molecule has 1 aliphatic heterocycles. The first kappa shape index (κ1) is 28.2. The lowest BCUT2D eigenvalue weighted by atomic mass is 9.58. The highest BCUT2D eigenvalue weighted by Gasteiger charge is 2.63. The average Bonchev–Trinajstić information content (AvgIpc) is 3.30. The van der Waals surface area contributed by atoms with E-state index in [1.807, 2.05) is 0 Å². The van der Waals surface area contributed by atoms with Crippen LogP contribution in [-0.4, -0.2) is 88.3 Å². The Morgan fingerprint density at radius 3 is 2.58 bits per heavy atom. The summed E-state index contributed by atoms with van der Waals surface area (Å²) in [5.74, 6) is -8.33. The Morgan fingerprint density at radius 1 is 1.27 bits per heavy atom. The number of halogens is 1. The number of phenolic OH excluding ortho intramolecular Hbond substituents is 1. The molecule has 5 atom stereocenters. The molecule has 1 aromatic carbocycles. The standard InChI is InChI=1S/C28H34FN3O8/c1-27(4-5-40-11-27)10-31-9-13-8-16(33)18-14(20(13)29)6-12-7-15-21(32(2)3)23(35)19(26(30)38)25(37)28(15,39)24(36)17(12)22(18)34/h8,12,15,21,31,33,35-36,39H,4-7,9-11H2,1-3H3,(H2,30,38)/t12-,15-,21-,27?,28-/m0/s1. The van der Waals surface area contributed by atoms with Crippen molar-refractivity contribution >= 4 is 17.5 Å². The predicted octanol–water partition coefficient (Wildman–Crippen LogP) is 0.776. The fraction of sp³-hybridized carbons (Fsp3) is 0.536. The highest BCUT2D eigenvalue weighted by molar-refractivity contribution is 6.24. The number of Topliss-reactive ketones (excluding diaryl/α,β-unsaturated/α-hetero) is 2. The van der Waals surface area contributed by atoms with E-state index in [0.29, 0.717) is 19.8 Å². The van der Waals surface area contributed by atoms with Crippen molar-refractivity contribution in [3.8, 4) is 5.75 Å². The van der Waals surface area contributed by atoms with E-state index >= 15 is 4.39 Å². The lowest BCUT2D eigenvalue weighted by Gasteiger charge is -2.50. The van der Waals surface area contributed by atoms with Crippen molar-refractivity contribution in [3.05, 3.63) is 51.2 Å². The maximum absolute atomic E-state index is 15.8. The van der Waals surface area contributed by atoms with Crippen LogP contribution in [0.25, 0.3) is 0 Å². The normalized spacial score (nSPS) is 31.9. The third kappa shape index (κ3) is 4.04. The van der Waals surface area contributed by atoms with Gasteiger partial charge in [0.1, 0.15) is 28.7 Å². The summed E-state index contributed by atoms with van der Waals surface area (Å²) in [7, 11) is 3.09. The van der Waals surface area contributed by atoms with Crippen LogP contribution >= 0.6 is 0 Å². The Kier molecular flexibility index (Phi) is 6.81. The first-order valence-electron chi connectivity index (χ1n) is 13.2. The average molecular weight is 560 g/mol. The number of ketones is 2. The van der Waals surface area contributed by atoms with Gasteiger partial charge >= 0.3 is 0 Å². The van der Waals surface area contributed by atoms with E-state index in [9.17, 15) is 34.8 Å². The van der Waals surface area contributed by atoms with Crippen molar-refractivity contribution in [1.29, 1.82) is 0 Å². The van der Waals surface area contributed by atoms with Gasteiger partial charge in [-0.2, -0.15) is 0 Å². The van der Waals surface area contributed by atoms with Crippen molar-refractivity contribution in [2.24, 2.45) is 23.0 Å². The van der Waals surface area contributed by atoms with Gasteiger partial charge in [0.25, 0.3) is 5.91 Å². The van der Waals surface area contributed by atoms with Gasteiger partial charge in [0.2, 0.25) is 5.78 Å². The molecule has 5 rings (SSSR count). The van der Waals surface area contributed by atoms with E-state index in [1.165, 1.54) is 4.90 Å². The van der Waals surface area contributed by atoms with Crippen LogP contribution in [0, 0.1) is 23.1 Å². The van der Waals surface area contributed by atoms with Crippen molar-refractivity contribution in [2.45, 2.75) is 44.4 Å². The zero-order valence-electron chi connectivity index (χ0n) is 22.6. The first-order chi connectivity index (χ1) is 18.7. The minimum atomic E-state index is -2.73. The number of allylic oxidation sites excluding steroid dienone is 1. The molecule has 7 N–H and O–H groups in total. The fourth-order valence-electron chi connectivity index (χ4n) is 6.83. The minimum Gasteiger partial charge on any atom is -0.510 e. The van der Waals surface area contributed by atoms with Crippen LogP contribution in [0.15, 0.2) is 28.7 Å². The molecule has 0 bridgehead atoms. The Hall–Kier alpha value is -3.32. The second kappa shape index (κ2) is 9.65. The molecule has 1 aromatic rings. The van der Waals surface area contributed by atoms with Gasteiger partial charge in [-0.15, -0.1) is 0 Å². The fourth-order valence-corrected chi connectivity index (χ4v) is 6.83. The molecule has 12 heteroatoms. The highest BCUT2D eigenvalue weighted by atomic mass is 19.1. The molecule has 0 radical (unpaired) electrons. The summed E-state index contributed by atoms with van der Waals surface area (Å²) in [5, 5.41) is 47.7. The van der Waals surface area contributed by atoms with Gasteiger partial charge in [-0.25, -0.2) is 4.39 Å². The number of carbonyl (C=O) groups excluding carboxylic acids is 3. The van der Waals surface area contributed by atoms with E-state index in [0.717, 1.165) is 12.5 Å². The number of nitrogens with one attached hydrogen (secondary N) is 1. The summed E-state index contributed by atoms with van der Waals surface area (Å²) in [6.45, 7) is 3.97. The first-order valence-corrected chi connectivity index (χ1v) is 13.2. The Bertz CT molecular complexity index is 1380. The van der Waals surface area contributed by atoms with Crippen LogP contribution in [0.2, 0.25) is 0 Å². The smallest absolute Gasteiger partial charge is 0.255 e. The van der Waals surface area contributed by atoms with Gasteiger partial charge in [-0.1, -0.05) is 6.92 Å². The summed E-state index contributed by atoms with van der Waals surface area (Å²) in [5.41, 5.74) is 1.10. The topological polar surface area (TPSA) is 183 Å². The number of aliphatic hydroxyl groups excluding tert-OH is 2. The van der Waals surface area contributed by atoms with E-state index in [1.54, 1.807) is 14.1 Å². The van der Waals surface area contributed by atoms with Crippen LogP contribution in [0.4, 0.5) is 4.39 Å². The second-order valence-electron chi connectivity index (χ2n) is 11.9. The number of benzene rings is 1. The molecule has 0 spiro atoms. The lowest BCUT2D eigenvalue weighted by Crippen LogP contribution is -2.63. The maximum atomic E-state index is 15.8. The van der Waals surface area contributed by atoms with Gasteiger partial charge in [0, 0.05) is 47.7 Å². The molecule has 1 saturated heterocycles. The van der Waals surface area contributed by atoms with Gasteiger partial charge < -0.3 is 36.2 Å². The molecular weight excluding hydrogens is 525 g/mol. The number of phenols is 1. The van der Waals surface area contributed by atoms with Crippen LogP contribution in [-0.2, 0) is 27.3 Å². The van der Waals surface area contributed by atoms with Gasteiger partial charge in [-0.3, -0.25) is 19.3 Å². The van der Waals surface area contributed by atoms with Crippen LogP contribution in [0.3, 0.4) is 0 Å². The molecule has 216 valence electrons. The Balaban J connectivity index is 1.54. The predicted molar refractivity (Wildman–Crippen MR) is 139 cm³/mol. The second-order valence-corrected chi connectivity index (χ2v) is 11.9. The molecule has 4 aliphatic rings. The highest BCUT2D eigenvalue weighted by Crippen LogP contribution is 2.52. The molecule has 11 nitrogen and oxygen atoms in total. The zero-order chi connectivity index (χ0) is 29.3. The van der Waals surface area contributed by atoms with Crippen LogP contribution in [0.1, 0.15) is 41.3 Å². The SMILES string of the molecule is CN(C)[C@@H]1C(O)=C(C(N)=O)C(=O)[C@@]2(O)C(O)=C3C(=O)c4c(O)cc(CNCC5(C)CCOC5)c(F)c4C[C@H]3C[C@@H]12. The number of likely N-dealkylation sites (N-methyl/N-ethyl adjacent to an activating group) is 1. The van der Waals surface area contributed by atoms with Gasteiger partial charge in [0.15, 0.2) is 11.4 Å². The van der Waals surface area contributed by atoms with Crippen LogP contribution < -0.4 is 11.1 Å². The maximum Gasteiger partial charge on any atom is 0.255 e. The van der Waals surface area contributed by atoms with E-state index < -0.39 is 69.6 Å². The number of nitrogens with zero attached hydrogens (tertiary/aromatic N) is 1. The number of amides is 1. The summed E-state index contributed by atoms with van der Waals surface area (Å²) in [4.78, 5) is 40.5. The van der Waals surface area contributed by atoms with E-state index in [4.69, 9.17) is 10.5 Å². The molecule has 0 aromatic heterocycles. The van der Waals surface area contributed by atoms with E-state index in [-0.39, 0.29) is 47.1 Å². The Labute approximate surface area is 230 Å². The number of ether oxygens (including phenoxy) is 1. The molecular formula is C28H34FN3O8. The number of aromatic hydroxyl groups is 1. The molecule has 1 unspecified atom stereocenters. The van der Waals surface area contributed by atoms with Crippen molar-refractivity contribution in [2.75, 3.05) is 33.9 Å². The number of hydrogen-bond donors (Lipinski definition) is 6. The summed E-state index contributed by atoms with van der Waals surface area (Å²) >= 11 is 0. The van der Waals surface area contributed by atoms with Gasteiger partial charge in [0.05, 0.1) is 18.2 Å². The number of fused-ring (bicyclic) bond motifs is 3. The number of nitrogens with two attached hydrogens (primary N) is 1. The molecule has 40 heavy (non-hydrogen) atoms.